The van der Waals surface area contributed by atoms with Crippen LogP contribution in [-0.2, 0) is 0 Å². The molecule has 61 heavy (non-hydrogen) atoms. The summed E-state index contributed by atoms with van der Waals surface area (Å²) in [6, 6.07) is 67.3. The quantitative estimate of drug-likeness (QED) is 0.174. The largest absolute Gasteiger partial charge is 0.309 e. The summed E-state index contributed by atoms with van der Waals surface area (Å²) in [6.45, 7) is 0. The lowest BCUT2D eigenvalue weighted by Crippen LogP contribution is -2.03. The van der Waals surface area contributed by atoms with Crippen LogP contribution < -0.4 is 0 Å². The maximum atomic E-state index is 11.0. The molecule has 0 saturated carbocycles. The Morgan fingerprint density at radius 2 is 1.00 bits per heavy atom. The number of hydrogen-bond donors (Lipinski definition) is 0. The summed E-state index contributed by atoms with van der Waals surface area (Å²) in [5.74, 6) is 0.507. The molecule has 7 heteroatoms. The Morgan fingerprint density at radius 3 is 1.72 bits per heavy atom. The van der Waals surface area contributed by atoms with Crippen molar-refractivity contribution in [2.75, 3.05) is 0 Å². The van der Waals surface area contributed by atoms with Gasteiger partial charge in [0.15, 0.2) is 5.82 Å². The summed E-state index contributed by atoms with van der Waals surface area (Å²) in [4.78, 5) is 10.2. The van der Waals surface area contributed by atoms with Gasteiger partial charge in [-0.15, -0.1) is 11.3 Å². The Labute approximate surface area is 353 Å². The molecular weight excluding hydrogens is 765 g/mol. The van der Waals surface area contributed by atoms with Crippen molar-refractivity contribution >= 4 is 75.1 Å². The van der Waals surface area contributed by atoms with Crippen LogP contribution in [0.25, 0.3) is 109 Å². The molecule has 0 fully saturated rings. The van der Waals surface area contributed by atoms with Crippen LogP contribution in [0, 0.1) is 22.7 Å². The zero-order valence-electron chi connectivity index (χ0n) is 32.4. The zero-order valence-corrected chi connectivity index (χ0v) is 33.2. The van der Waals surface area contributed by atoms with E-state index in [2.05, 4.69) is 143 Å². The van der Waals surface area contributed by atoms with E-state index >= 15 is 0 Å². The first-order valence-electron chi connectivity index (χ1n) is 20.0. The molecule has 282 valence electrons. The smallest absolute Gasteiger partial charge is 0.160 e. The molecule has 0 atom stereocenters. The molecule has 6 nitrogen and oxygen atoms in total. The van der Waals surface area contributed by atoms with Crippen LogP contribution in [0.1, 0.15) is 11.1 Å². The van der Waals surface area contributed by atoms with Crippen molar-refractivity contribution in [3.05, 3.63) is 193 Å². The predicted octanol–water partition coefficient (Wildman–Crippen LogP) is 13.8. The van der Waals surface area contributed by atoms with Gasteiger partial charge in [0.25, 0.3) is 0 Å². The average Bonchev–Trinajstić information content (AvgIpc) is 3.97. The van der Waals surface area contributed by atoms with E-state index in [0.29, 0.717) is 33.9 Å². The fourth-order valence-electron chi connectivity index (χ4n) is 9.09. The number of nitriles is 2. The first kappa shape index (κ1) is 34.7. The summed E-state index contributed by atoms with van der Waals surface area (Å²) in [6.07, 6.45) is 0. The van der Waals surface area contributed by atoms with E-state index in [-0.39, 0.29) is 0 Å². The van der Waals surface area contributed by atoms with Crippen LogP contribution in [0.3, 0.4) is 0 Å². The molecule has 12 rings (SSSR count). The van der Waals surface area contributed by atoms with Gasteiger partial charge < -0.3 is 9.13 Å². The van der Waals surface area contributed by atoms with Gasteiger partial charge in [0, 0.05) is 64.1 Å². The van der Waals surface area contributed by atoms with E-state index in [4.69, 9.17) is 9.97 Å². The second-order valence-corrected chi connectivity index (χ2v) is 16.3. The van der Waals surface area contributed by atoms with E-state index < -0.39 is 0 Å². The molecule has 4 heterocycles. The SMILES string of the molecule is N#Cc1cc(-c2nc(-c3ccc4sc5ccccc5c4c3)nc(-c3ccccc3)c2C#N)ccc1-n1c2ccccc2c2cc3c4ccccc4n(-c4ccccc4)c3cc21. The molecule has 0 aliphatic carbocycles. The minimum atomic E-state index is 0.349. The minimum absolute atomic E-state index is 0.349. The van der Waals surface area contributed by atoms with E-state index in [9.17, 15) is 10.5 Å². The number of benzene rings is 8. The molecule has 8 aromatic carbocycles. The fourth-order valence-corrected chi connectivity index (χ4v) is 10.2. The highest BCUT2D eigenvalue weighted by Gasteiger charge is 2.23. The highest BCUT2D eigenvalue weighted by molar-refractivity contribution is 7.25. The number of para-hydroxylation sites is 3. The Bertz CT molecular complexity index is 3840. The first-order valence-corrected chi connectivity index (χ1v) is 20.8. The first-order chi connectivity index (χ1) is 30.2. The molecule has 12 aromatic rings. The molecule has 0 N–H and O–H groups in total. The number of hydrogen-bond acceptors (Lipinski definition) is 5. The molecule has 0 aliphatic heterocycles. The van der Waals surface area contributed by atoms with Gasteiger partial charge in [-0.1, -0.05) is 109 Å². The molecule has 0 radical (unpaired) electrons. The van der Waals surface area contributed by atoms with Gasteiger partial charge in [0.1, 0.15) is 17.7 Å². The van der Waals surface area contributed by atoms with Gasteiger partial charge in [-0.25, -0.2) is 9.97 Å². The molecule has 0 unspecified atom stereocenters. The van der Waals surface area contributed by atoms with Crippen molar-refractivity contribution in [2.45, 2.75) is 0 Å². The van der Waals surface area contributed by atoms with E-state index in [1.807, 2.05) is 60.7 Å². The Balaban J connectivity index is 1.09. The van der Waals surface area contributed by atoms with Crippen LogP contribution in [0.2, 0.25) is 0 Å². The number of rotatable bonds is 5. The lowest BCUT2D eigenvalue weighted by molar-refractivity contribution is 1.15. The third-order valence-electron chi connectivity index (χ3n) is 11.8. The number of nitrogens with zero attached hydrogens (tertiary/aromatic N) is 6. The van der Waals surface area contributed by atoms with Crippen molar-refractivity contribution in [3.63, 3.8) is 0 Å². The van der Waals surface area contributed by atoms with Gasteiger partial charge in [0.05, 0.1) is 44.7 Å². The van der Waals surface area contributed by atoms with Gasteiger partial charge >= 0.3 is 0 Å². The van der Waals surface area contributed by atoms with Gasteiger partial charge in [-0.05, 0) is 72.8 Å². The van der Waals surface area contributed by atoms with Crippen molar-refractivity contribution in [1.29, 1.82) is 10.5 Å². The second kappa shape index (κ2) is 13.6. The third-order valence-corrected chi connectivity index (χ3v) is 13.0. The van der Waals surface area contributed by atoms with Crippen molar-refractivity contribution in [2.24, 2.45) is 0 Å². The Morgan fingerprint density at radius 1 is 0.410 bits per heavy atom. The molecule has 0 aliphatic rings. The lowest BCUT2D eigenvalue weighted by atomic mass is 9.98. The molecule has 4 aromatic heterocycles. The van der Waals surface area contributed by atoms with Gasteiger partial charge in [0.2, 0.25) is 0 Å². The number of thiophene rings is 1. The van der Waals surface area contributed by atoms with Crippen LogP contribution in [0.4, 0.5) is 0 Å². The molecule has 0 spiro atoms. The molecular formula is C54H30N6S. The summed E-state index contributed by atoms with van der Waals surface area (Å²) in [7, 11) is 0. The molecule has 0 saturated heterocycles. The number of aromatic nitrogens is 4. The van der Waals surface area contributed by atoms with E-state index in [1.54, 1.807) is 11.3 Å². The molecule has 0 bridgehead atoms. The van der Waals surface area contributed by atoms with Crippen LogP contribution in [0.15, 0.2) is 182 Å². The topological polar surface area (TPSA) is 83.2 Å². The van der Waals surface area contributed by atoms with E-state index in [0.717, 1.165) is 66.1 Å². The maximum absolute atomic E-state index is 11.0. The van der Waals surface area contributed by atoms with Crippen LogP contribution in [0.5, 0.6) is 0 Å². The van der Waals surface area contributed by atoms with Crippen LogP contribution in [-0.4, -0.2) is 19.1 Å². The molecule has 0 amide bonds. The summed E-state index contributed by atoms with van der Waals surface area (Å²) in [5.41, 5.74) is 10.2. The second-order valence-electron chi connectivity index (χ2n) is 15.2. The normalized spacial score (nSPS) is 11.6. The third kappa shape index (κ3) is 5.32. The summed E-state index contributed by atoms with van der Waals surface area (Å²) in [5, 5.41) is 28.7. The summed E-state index contributed by atoms with van der Waals surface area (Å²) < 4.78 is 6.92. The standard InChI is InChI=1S/C54H30N6S/c55-31-36-27-34(53-44(32-56)52(33-13-3-1-4-14-33)57-54(58-53)35-24-26-51-43(28-35)40-19-9-12-22-50(40)61-51)23-25-45(36)60-47-21-11-8-18-39(47)42-29-41-38-17-7-10-20-46(38)59(48(41)30-49(42)60)37-15-5-2-6-16-37/h1-30H. The van der Waals surface area contributed by atoms with Crippen molar-refractivity contribution in [1.82, 2.24) is 19.1 Å². The Kier molecular flexibility index (Phi) is 7.73. The van der Waals surface area contributed by atoms with Crippen molar-refractivity contribution < 1.29 is 0 Å². The van der Waals surface area contributed by atoms with Crippen molar-refractivity contribution in [3.8, 4) is 57.4 Å². The lowest BCUT2D eigenvalue weighted by Gasteiger charge is -2.15. The highest BCUT2D eigenvalue weighted by atomic mass is 32.1. The summed E-state index contributed by atoms with van der Waals surface area (Å²) >= 11 is 1.76. The highest BCUT2D eigenvalue weighted by Crippen LogP contribution is 2.42. The number of fused-ring (bicyclic) bond motifs is 9. The minimum Gasteiger partial charge on any atom is -0.309 e. The maximum Gasteiger partial charge on any atom is 0.160 e. The average molecular weight is 795 g/mol. The van der Waals surface area contributed by atoms with Crippen LogP contribution >= 0.6 is 11.3 Å². The van der Waals surface area contributed by atoms with E-state index in [1.165, 1.54) is 20.2 Å². The van der Waals surface area contributed by atoms with Gasteiger partial charge in [-0.3, -0.25) is 0 Å². The van der Waals surface area contributed by atoms with Gasteiger partial charge in [-0.2, -0.15) is 10.5 Å². The zero-order chi connectivity index (χ0) is 40.6. The predicted molar refractivity (Wildman–Crippen MR) is 249 cm³/mol. The Hall–Kier alpha value is -8.36. The fraction of sp³-hybridized carbons (Fsp3) is 0. The monoisotopic (exact) mass is 794 g/mol.